The lowest BCUT2D eigenvalue weighted by Gasteiger charge is -2.17. The number of halogens is 1. The van der Waals surface area contributed by atoms with Gasteiger partial charge in [0.2, 0.25) is 0 Å². The molecule has 0 fully saturated rings. The predicted octanol–water partition coefficient (Wildman–Crippen LogP) is 3.63. The second-order valence-corrected chi connectivity index (χ2v) is 5.48. The van der Waals surface area contributed by atoms with Crippen LogP contribution in [0.3, 0.4) is 0 Å². The number of nitrogens with one attached hydrogen (secondary N) is 1. The molecule has 2 rings (SSSR count). The van der Waals surface area contributed by atoms with Crippen molar-refractivity contribution in [2.24, 2.45) is 0 Å². The van der Waals surface area contributed by atoms with Crippen LogP contribution in [0.15, 0.2) is 36.4 Å². The van der Waals surface area contributed by atoms with E-state index in [0.29, 0.717) is 28.5 Å². The Morgan fingerprint density at radius 2 is 1.88 bits per heavy atom. The van der Waals surface area contributed by atoms with E-state index in [0.717, 1.165) is 0 Å². The molecule has 2 aromatic carbocycles. The van der Waals surface area contributed by atoms with Crippen LogP contribution in [0.5, 0.6) is 17.2 Å². The second kappa shape index (κ2) is 8.27. The van der Waals surface area contributed by atoms with E-state index in [1.807, 2.05) is 6.07 Å². The van der Waals surface area contributed by atoms with E-state index in [1.54, 1.807) is 37.3 Å². The molecule has 25 heavy (non-hydrogen) atoms. The zero-order valence-corrected chi connectivity index (χ0v) is 14.8. The van der Waals surface area contributed by atoms with Crippen molar-refractivity contribution in [2.45, 2.75) is 13.0 Å². The highest BCUT2D eigenvalue weighted by Gasteiger charge is 2.18. The molecule has 1 amide bonds. The SMILES string of the molecule is COc1ccc(OC)c(NC(=O)C(C)Oc2ccc(C#N)cc2Cl)c1. The molecule has 0 aliphatic heterocycles. The summed E-state index contributed by atoms with van der Waals surface area (Å²) in [5.41, 5.74) is 0.879. The van der Waals surface area contributed by atoms with Crippen LogP contribution in [0.2, 0.25) is 5.02 Å². The molecule has 0 saturated heterocycles. The van der Waals surface area contributed by atoms with Crippen LogP contribution >= 0.6 is 11.6 Å². The lowest BCUT2D eigenvalue weighted by atomic mass is 10.2. The lowest BCUT2D eigenvalue weighted by molar-refractivity contribution is -0.122. The Hall–Kier alpha value is -2.91. The number of nitriles is 1. The van der Waals surface area contributed by atoms with Gasteiger partial charge in [-0.15, -0.1) is 0 Å². The Balaban J connectivity index is 2.12. The third-order valence-corrected chi connectivity index (χ3v) is 3.69. The number of amides is 1. The Bertz CT molecular complexity index is 817. The summed E-state index contributed by atoms with van der Waals surface area (Å²) in [5.74, 6) is 1.02. The van der Waals surface area contributed by atoms with Gasteiger partial charge in [-0.3, -0.25) is 4.79 Å². The van der Waals surface area contributed by atoms with Crippen molar-refractivity contribution in [1.29, 1.82) is 5.26 Å². The number of rotatable bonds is 6. The molecule has 0 bridgehead atoms. The van der Waals surface area contributed by atoms with Gasteiger partial charge < -0.3 is 19.5 Å². The molecular formula is C18H17ClN2O4. The maximum Gasteiger partial charge on any atom is 0.265 e. The maximum absolute atomic E-state index is 12.4. The first-order chi connectivity index (χ1) is 12.0. The average Bonchev–Trinajstić information content (AvgIpc) is 2.63. The van der Waals surface area contributed by atoms with Crippen molar-refractivity contribution < 1.29 is 19.0 Å². The van der Waals surface area contributed by atoms with E-state index in [9.17, 15) is 4.79 Å². The molecule has 2 aromatic rings. The van der Waals surface area contributed by atoms with E-state index in [4.69, 9.17) is 31.1 Å². The fourth-order valence-electron chi connectivity index (χ4n) is 2.06. The molecule has 0 aliphatic carbocycles. The molecule has 1 unspecified atom stereocenters. The van der Waals surface area contributed by atoms with Crippen LogP contribution in [0.1, 0.15) is 12.5 Å². The van der Waals surface area contributed by atoms with Gasteiger partial charge in [-0.1, -0.05) is 11.6 Å². The summed E-state index contributed by atoms with van der Waals surface area (Å²) in [6.45, 7) is 1.59. The molecule has 0 saturated carbocycles. The van der Waals surface area contributed by atoms with E-state index in [1.165, 1.54) is 20.3 Å². The van der Waals surface area contributed by atoms with Gasteiger partial charge in [0.05, 0.1) is 36.6 Å². The lowest BCUT2D eigenvalue weighted by Crippen LogP contribution is -2.30. The van der Waals surface area contributed by atoms with E-state index in [2.05, 4.69) is 5.32 Å². The van der Waals surface area contributed by atoms with Gasteiger partial charge in [0.1, 0.15) is 17.2 Å². The molecule has 0 heterocycles. The molecule has 7 heteroatoms. The van der Waals surface area contributed by atoms with Gasteiger partial charge in [0, 0.05) is 6.07 Å². The Labute approximate surface area is 150 Å². The van der Waals surface area contributed by atoms with Gasteiger partial charge in [-0.2, -0.15) is 5.26 Å². The summed E-state index contributed by atoms with van der Waals surface area (Å²) in [4.78, 5) is 12.4. The van der Waals surface area contributed by atoms with Crippen LogP contribution in [-0.2, 0) is 4.79 Å². The molecule has 1 N–H and O–H groups in total. The molecule has 0 aliphatic rings. The molecule has 0 radical (unpaired) electrons. The number of hydrogen-bond donors (Lipinski definition) is 1. The zero-order valence-electron chi connectivity index (χ0n) is 14.0. The molecule has 130 valence electrons. The fourth-order valence-corrected chi connectivity index (χ4v) is 2.28. The van der Waals surface area contributed by atoms with Crippen LogP contribution in [-0.4, -0.2) is 26.2 Å². The summed E-state index contributed by atoms with van der Waals surface area (Å²) in [6, 6.07) is 11.6. The minimum atomic E-state index is -0.818. The monoisotopic (exact) mass is 360 g/mol. The minimum absolute atomic E-state index is 0.262. The summed E-state index contributed by atoms with van der Waals surface area (Å²) in [6.07, 6.45) is -0.818. The van der Waals surface area contributed by atoms with Gasteiger partial charge >= 0.3 is 0 Å². The van der Waals surface area contributed by atoms with Crippen LogP contribution in [0.4, 0.5) is 5.69 Å². The number of ether oxygens (including phenoxy) is 3. The highest BCUT2D eigenvalue weighted by molar-refractivity contribution is 6.32. The quantitative estimate of drug-likeness (QED) is 0.850. The first-order valence-corrected chi connectivity index (χ1v) is 7.75. The summed E-state index contributed by atoms with van der Waals surface area (Å²) in [5, 5.41) is 11.8. The Morgan fingerprint density at radius 3 is 2.48 bits per heavy atom. The maximum atomic E-state index is 12.4. The van der Waals surface area contributed by atoms with Crippen LogP contribution in [0.25, 0.3) is 0 Å². The number of carbonyl (C=O) groups excluding carboxylic acids is 1. The number of hydrogen-bond acceptors (Lipinski definition) is 5. The van der Waals surface area contributed by atoms with Crippen molar-refractivity contribution in [3.8, 4) is 23.3 Å². The van der Waals surface area contributed by atoms with E-state index in [-0.39, 0.29) is 10.9 Å². The largest absolute Gasteiger partial charge is 0.497 e. The molecule has 6 nitrogen and oxygen atoms in total. The average molecular weight is 361 g/mol. The summed E-state index contributed by atoms with van der Waals surface area (Å²) >= 11 is 6.06. The fraction of sp³-hybridized carbons (Fsp3) is 0.222. The second-order valence-electron chi connectivity index (χ2n) is 5.07. The van der Waals surface area contributed by atoms with E-state index < -0.39 is 6.10 Å². The third kappa shape index (κ3) is 4.55. The summed E-state index contributed by atoms with van der Waals surface area (Å²) in [7, 11) is 3.04. The first-order valence-electron chi connectivity index (χ1n) is 7.37. The van der Waals surface area contributed by atoms with Crippen molar-refractivity contribution in [3.05, 3.63) is 47.0 Å². The number of methoxy groups -OCH3 is 2. The number of benzene rings is 2. The third-order valence-electron chi connectivity index (χ3n) is 3.40. The Kier molecular flexibility index (Phi) is 6.09. The van der Waals surface area contributed by atoms with Crippen LogP contribution < -0.4 is 19.5 Å². The smallest absolute Gasteiger partial charge is 0.265 e. The zero-order chi connectivity index (χ0) is 18.4. The van der Waals surface area contributed by atoms with Crippen molar-refractivity contribution in [2.75, 3.05) is 19.5 Å². The highest BCUT2D eigenvalue weighted by atomic mass is 35.5. The van der Waals surface area contributed by atoms with Gasteiger partial charge in [0.25, 0.3) is 5.91 Å². The normalized spacial score (nSPS) is 11.2. The highest BCUT2D eigenvalue weighted by Crippen LogP contribution is 2.30. The van der Waals surface area contributed by atoms with Crippen molar-refractivity contribution >= 4 is 23.2 Å². The molecule has 1 atom stereocenters. The van der Waals surface area contributed by atoms with Gasteiger partial charge in [0.15, 0.2) is 6.10 Å². The van der Waals surface area contributed by atoms with E-state index >= 15 is 0 Å². The first kappa shape index (κ1) is 18.4. The van der Waals surface area contributed by atoms with Gasteiger partial charge in [-0.25, -0.2) is 0 Å². The summed E-state index contributed by atoms with van der Waals surface area (Å²) < 4.78 is 16.0. The predicted molar refractivity (Wildman–Crippen MR) is 94.4 cm³/mol. The number of nitrogens with zero attached hydrogens (tertiary/aromatic N) is 1. The molecule has 0 aromatic heterocycles. The van der Waals surface area contributed by atoms with Crippen LogP contribution in [0, 0.1) is 11.3 Å². The Morgan fingerprint density at radius 1 is 1.16 bits per heavy atom. The van der Waals surface area contributed by atoms with Gasteiger partial charge in [-0.05, 0) is 37.3 Å². The topological polar surface area (TPSA) is 80.6 Å². The number of carbonyl (C=O) groups is 1. The standard InChI is InChI=1S/C18H17ClN2O4/c1-11(25-16-6-4-12(10-20)8-14(16)19)18(22)21-15-9-13(23-2)5-7-17(15)24-3/h4-9,11H,1-3H3,(H,21,22). The molecular weight excluding hydrogens is 344 g/mol. The minimum Gasteiger partial charge on any atom is -0.497 e. The van der Waals surface area contributed by atoms with Crippen molar-refractivity contribution in [1.82, 2.24) is 0 Å². The number of anilines is 1. The van der Waals surface area contributed by atoms with Crippen molar-refractivity contribution in [3.63, 3.8) is 0 Å². The molecule has 0 spiro atoms.